The summed E-state index contributed by atoms with van der Waals surface area (Å²) in [6, 6.07) is 10.4. The van der Waals surface area contributed by atoms with Crippen LogP contribution in [0.4, 0.5) is 0 Å². The van der Waals surface area contributed by atoms with Gasteiger partial charge in [0.25, 0.3) is 5.91 Å². The van der Waals surface area contributed by atoms with Crippen LogP contribution in [0.2, 0.25) is 0 Å². The van der Waals surface area contributed by atoms with E-state index < -0.39 is 0 Å². The summed E-state index contributed by atoms with van der Waals surface area (Å²) in [6.07, 6.45) is 10.6. The van der Waals surface area contributed by atoms with Crippen molar-refractivity contribution in [2.45, 2.75) is 90.0 Å². The molecule has 1 heterocycles. The van der Waals surface area contributed by atoms with E-state index in [0.29, 0.717) is 23.0 Å². The second kappa shape index (κ2) is 9.18. The van der Waals surface area contributed by atoms with Gasteiger partial charge >= 0.3 is 5.97 Å². The van der Waals surface area contributed by atoms with E-state index in [-0.39, 0.29) is 28.8 Å². The van der Waals surface area contributed by atoms with Crippen molar-refractivity contribution in [2.24, 2.45) is 39.6 Å². The number of rotatable bonds is 3. The van der Waals surface area contributed by atoms with E-state index in [2.05, 4.69) is 38.1 Å². The van der Waals surface area contributed by atoms with Gasteiger partial charge in [-0.05, 0) is 92.4 Å². The summed E-state index contributed by atoms with van der Waals surface area (Å²) in [5.41, 5.74) is 2.90. The number of fused-ring (bicyclic) bond motifs is 5. The standard InChI is InChI=1S/C30H40N2O3S/c1-19(33)35-22-13-15-29(2)21(17-22)9-10-23-24-11-12-26(30(24,3)16-14-25(23)29)31-32-27(34)18-36-28(32)20-7-5-4-6-8-20/h4-8,21-25,28H,9-18H2,1-3H3/b31-26+/t21-,22-,23-,24-,25-,28?,29-,30-/m0/s1. The Labute approximate surface area is 219 Å². The molecule has 5 fully saturated rings. The molecule has 194 valence electrons. The fourth-order valence-corrected chi connectivity index (χ4v) is 10.1. The summed E-state index contributed by atoms with van der Waals surface area (Å²) in [6.45, 7) is 6.55. The first-order valence-corrected chi connectivity index (χ1v) is 15.1. The highest BCUT2D eigenvalue weighted by molar-refractivity contribution is 8.00. The maximum Gasteiger partial charge on any atom is 0.302 e. The minimum Gasteiger partial charge on any atom is -0.463 e. The van der Waals surface area contributed by atoms with Crippen molar-refractivity contribution in [3.8, 4) is 0 Å². The van der Waals surface area contributed by atoms with Crippen LogP contribution >= 0.6 is 11.8 Å². The lowest BCUT2D eigenvalue weighted by Crippen LogP contribution is -2.54. The maximum atomic E-state index is 12.9. The van der Waals surface area contributed by atoms with Gasteiger partial charge in [-0.15, -0.1) is 11.8 Å². The molecule has 0 radical (unpaired) electrons. The molecule has 0 N–H and O–H groups in total. The maximum absolute atomic E-state index is 12.9. The van der Waals surface area contributed by atoms with Crippen LogP contribution in [-0.4, -0.2) is 34.5 Å². The van der Waals surface area contributed by atoms with Gasteiger partial charge in [-0.3, -0.25) is 9.59 Å². The van der Waals surface area contributed by atoms with Gasteiger partial charge in [-0.1, -0.05) is 44.2 Å². The van der Waals surface area contributed by atoms with Gasteiger partial charge in [-0.2, -0.15) is 5.10 Å². The molecule has 5 aliphatic rings. The summed E-state index contributed by atoms with van der Waals surface area (Å²) in [5.74, 6) is 3.35. The number of benzene rings is 1. The third-order valence-corrected chi connectivity index (χ3v) is 12.0. The molecule has 6 rings (SSSR count). The molecule has 0 spiro atoms. The number of hydrazone groups is 1. The van der Waals surface area contributed by atoms with Gasteiger partial charge in [0.15, 0.2) is 0 Å². The molecule has 36 heavy (non-hydrogen) atoms. The molecule has 8 atom stereocenters. The SMILES string of the molecule is CC(=O)O[C@H]1CC[C@@]2(C)[C@@H](CC[C@@H]3[C@@H]2CC[C@]2(C)/C(=N/N4C(=O)CSC4c4ccccc4)CC[C@@H]32)C1. The lowest BCUT2D eigenvalue weighted by atomic mass is 9.45. The molecular weight excluding hydrogens is 468 g/mol. The lowest BCUT2D eigenvalue weighted by Gasteiger charge is -2.60. The van der Waals surface area contributed by atoms with Gasteiger partial charge in [0, 0.05) is 18.1 Å². The Kier molecular flexibility index (Phi) is 6.25. The summed E-state index contributed by atoms with van der Waals surface area (Å²) < 4.78 is 5.64. The van der Waals surface area contributed by atoms with E-state index in [0.717, 1.165) is 36.7 Å². The Balaban J connectivity index is 1.22. The van der Waals surface area contributed by atoms with Crippen LogP contribution in [0.15, 0.2) is 35.4 Å². The Bertz CT molecular complexity index is 1060. The van der Waals surface area contributed by atoms with Crippen molar-refractivity contribution >= 4 is 29.4 Å². The number of thioether (sulfide) groups is 1. The normalized spacial score (nSPS) is 43.1. The molecule has 5 nitrogen and oxygen atoms in total. The van der Waals surface area contributed by atoms with Gasteiger partial charge in [0.1, 0.15) is 11.5 Å². The molecule has 1 aliphatic heterocycles. The lowest BCUT2D eigenvalue weighted by molar-refractivity contribution is -0.158. The Morgan fingerprint density at radius 3 is 2.64 bits per heavy atom. The van der Waals surface area contributed by atoms with Gasteiger partial charge in [0.05, 0.1) is 5.75 Å². The van der Waals surface area contributed by atoms with Crippen LogP contribution in [0.3, 0.4) is 0 Å². The zero-order chi connectivity index (χ0) is 25.1. The Hall–Kier alpha value is -1.82. The van der Waals surface area contributed by atoms with E-state index >= 15 is 0 Å². The Morgan fingerprint density at radius 1 is 1.06 bits per heavy atom. The first-order valence-electron chi connectivity index (χ1n) is 14.0. The van der Waals surface area contributed by atoms with Crippen LogP contribution in [0.1, 0.15) is 89.5 Å². The number of hydrogen-bond acceptors (Lipinski definition) is 5. The molecule has 6 heteroatoms. The van der Waals surface area contributed by atoms with Crippen LogP contribution < -0.4 is 0 Å². The summed E-state index contributed by atoms with van der Waals surface area (Å²) in [7, 11) is 0. The number of ether oxygens (including phenoxy) is 1. The van der Waals surface area contributed by atoms with E-state index in [1.165, 1.54) is 44.2 Å². The molecule has 1 aromatic rings. The van der Waals surface area contributed by atoms with E-state index in [1.54, 1.807) is 18.7 Å². The van der Waals surface area contributed by atoms with Crippen molar-refractivity contribution in [3.63, 3.8) is 0 Å². The summed E-state index contributed by atoms with van der Waals surface area (Å²) in [4.78, 5) is 24.5. The van der Waals surface area contributed by atoms with E-state index in [1.807, 2.05) is 11.1 Å². The zero-order valence-corrected chi connectivity index (χ0v) is 22.8. The van der Waals surface area contributed by atoms with E-state index in [9.17, 15) is 9.59 Å². The van der Waals surface area contributed by atoms with Crippen LogP contribution in [0, 0.1) is 34.5 Å². The van der Waals surface area contributed by atoms with Crippen molar-refractivity contribution in [1.82, 2.24) is 5.01 Å². The van der Waals surface area contributed by atoms with E-state index in [4.69, 9.17) is 9.84 Å². The number of amides is 1. The van der Waals surface area contributed by atoms with Crippen LogP contribution in [-0.2, 0) is 14.3 Å². The topological polar surface area (TPSA) is 59.0 Å². The van der Waals surface area contributed by atoms with Crippen molar-refractivity contribution < 1.29 is 14.3 Å². The van der Waals surface area contributed by atoms with Crippen molar-refractivity contribution in [1.29, 1.82) is 0 Å². The molecule has 1 aromatic carbocycles. The van der Waals surface area contributed by atoms with Gasteiger partial charge in [-0.25, -0.2) is 5.01 Å². The average Bonchev–Trinajstić information content (AvgIpc) is 3.39. The largest absolute Gasteiger partial charge is 0.463 e. The van der Waals surface area contributed by atoms with Crippen LogP contribution in [0.25, 0.3) is 0 Å². The minimum atomic E-state index is -0.132. The second-order valence-corrected chi connectivity index (χ2v) is 13.6. The number of nitrogens with zero attached hydrogens (tertiary/aromatic N) is 2. The molecule has 1 unspecified atom stereocenters. The molecule has 0 bridgehead atoms. The highest BCUT2D eigenvalue weighted by Crippen LogP contribution is 2.66. The number of hydrogen-bond donors (Lipinski definition) is 0. The molecule has 4 aliphatic carbocycles. The van der Waals surface area contributed by atoms with Gasteiger partial charge in [0.2, 0.25) is 0 Å². The van der Waals surface area contributed by atoms with Crippen LogP contribution in [0.5, 0.6) is 0 Å². The first kappa shape index (κ1) is 24.5. The average molecular weight is 509 g/mol. The molecular formula is C30H40N2O3S. The zero-order valence-electron chi connectivity index (χ0n) is 21.9. The number of carbonyl (C=O) groups excluding carboxylic acids is 2. The second-order valence-electron chi connectivity index (χ2n) is 12.5. The third-order valence-electron chi connectivity index (χ3n) is 10.8. The summed E-state index contributed by atoms with van der Waals surface area (Å²) >= 11 is 1.70. The fraction of sp³-hybridized carbons (Fsp3) is 0.700. The monoisotopic (exact) mass is 508 g/mol. The molecule has 4 saturated carbocycles. The van der Waals surface area contributed by atoms with Gasteiger partial charge < -0.3 is 4.74 Å². The first-order chi connectivity index (χ1) is 17.3. The number of carbonyl (C=O) groups is 2. The van der Waals surface area contributed by atoms with Crippen molar-refractivity contribution in [3.05, 3.63) is 35.9 Å². The highest BCUT2D eigenvalue weighted by atomic mass is 32.2. The third kappa shape index (κ3) is 3.93. The smallest absolute Gasteiger partial charge is 0.302 e. The fourth-order valence-electron chi connectivity index (χ4n) is 9.02. The minimum absolute atomic E-state index is 0.00746. The highest BCUT2D eigenvalue weighted by Gasteiger charge is 2.60. The molecule has 0 aromatic heterocycles. The number of esters is 1. The predicted octanol–water partition coefficient (Wildman–Crippen LogP) is 6.59. The molecule has 1 saturated heterocycles. The quantitative estimate of drug-likeness (QED) is 0.432. The summed E-state index contributed by atoms with van der Waals surface area (Å²) in [5, 5.41) is 6.98. The van der Waals surface area contributed by atoms with Crippen molar-refractivity contribution in [2.75, 3.05) is 5.75 Å². The molecule has 1 amide bonds. The Morgan fingerprint density at radius 2 is 1.86 bits per heavy atom. The predicted molar refractivity (Wildman–Crippen MR) is 143 cm³/mol.